The summed E-state index contributed by atoms with van der Waals surface area (Å²) < 4.78 is 13.5. The van der Waals surface area contributed by atoms with Crippen molar-refractivity contribution >= 4 is 16.7 Å². The van der Waals surface area contributed by atoms with E-state index in [1.807, 2.05) is 30.6 Å². The van der Waals surface area contributed by atoms with E-state index in [1.165, 1.54) is 5.56 Å². The predicted molar refractivity (Wildman–Crippen MR) is 118 cm³/mol. The van der Waals surface area contributed by atoms with Crippen LogP contribution in [-0.4, -0.2) is 47.9 Å². The highest BCUT2D eigenvalue weighted by molar-refractivity contribution is 5.94. The number of pyridine rings is 2. The number of ether oxygens (including phenoxy) is 2. The minimum absolute atomic E-state index is 0.722. The van der Waals surface area contributed by atoms with Crippen LogP contribution in [0.15, 0.2) is 67.1 Å². The van der Waals surface area contributed by atoms with Crippen molar-refractivity contribution in [1.82, 2.24) is 14.5 Å². The number of methoxy groups -OCH3 is 1. The van der Waals surface area contributed by atoms with Gasteiger partial charge >= 0.3 is 0 Å². The molecule has 30 heavy (non-hydrogen) atoms. The standard InChI is InChI=1S/C24H24N4O2/c1-29-23-5-3-2-4-19(23)21-16-22-20(24(26-21)27-12-14-30-15-13-27)8-11-28(22)17-18-6-9-25-10-7-18/h2-11,16H,12-15,17H2,1H3. The van der Waals surface area contributed by atoms with E-state index in [9.17, 15) is 0 Å². The van der Waals surface area contributed by atoms with Crippen molar-refractivity contribution in [3.05, 3.63) is 72.7 Å². The molecule has 1 saturated heterocycles. The van der Waals surface area contributed by atoms with Gasteiger partial charge in [0.25, 0.3) is 0 Å². The number of hydrogen-bond donors (Lipinski definition) is 0. The van der Waals surface area contributed by atoms with Gasteiger partial charge in [-0.05, 0) is 42.0 Å². The van der Waals surface area contributed by atoms with Gasteiger partial charge in [-0.1, -0.05) is 12.1 Å². The number of nitrogens with zero attached hydrogens (tertiary/aromatic N) is 4. The lowest BCUT2D eigenvalue weighted by Crippen LogP contribution is -2.36. The Balaban J connectivity index is 1.67. The van der Waals surface area contributed by atoms with Crippen molar-refractivity contribution in [3.63, 3.8) is 0 Å². The van der Waals surface area contributed by atoms with Gasteiger partial charge in [-0.15, -0.1) is 0 Å². The molecule has 4 aromatic rings. The van der Waals surface area contributed by atoms with Crippen molar-refractivity contribution in [2.75, 3.05) is 38.3 Å². The highest BCUT2D eigenvalue weighted by Crippen LogP contribution is 2.35. The van der Waals surface area contributed by atoms with Crippen LogP contribution in [0.2, 0.25) is 0 Å². The maximum Gasteiger partial charge on any atom is 0.138 e. The molecule has 6 nitrogen and oxygen atoms in total. The van der Waals surface area contributed by atoms with Gasteiger partial charge < -0.3 is 18.9 Å². The van der Waals surface area contributed by atoms with Gasteiger partial charge in [0.05, 0.1) is 31.5 Å². The molecule has 0 spiro atoms. The molecule has 152 valence electrons. The second-order valence-electron chi connectivity index (χ2n) is 7.36. The second-order valence-corrected chi connectivity index (χ2v) is 7.36. The molecule has 1 fully saturated rings. The number of para-hydroxylation sites is 1. The van der Waals surface area contributed by atoms with Gasteiger partial charge in [-0.2, -0.15) is 0 Å². The molecular formula is C24H24N4O2. The Hall–Kier alpha value is -3.38. The van der Waals surface area contributed by atoms with Crippen LogP contribution in [0, 0.1) is 0 Å². The first kappa shape index (κ1) is 18.6. The van der Waals surface area contributed by atoms with Crippen LogP contribution >= 0.6 is 0 Å². The van der Waals surface area contributed by atoms with Crippen LogP contribution in [0.5, 0.6) is 5.75 Å². The van der Waals surface area contributed by atoms with E-state index in [0.29, 0.717) is 0 Å². The summed E-state index contributed by atoms with van der Waals surface area (Å²) in [5, 5.41) is 1.16. The van der Waals surface area contributed by atoms with E-state index in [0.717, 1.165) is 66.6 Å². The lowest BCUT2D eigenvalue weighted by Gasteiger charge is -2.29. The number of benzene rings is 1. The van der Waals surface area contributed by atoms with Crippen molar-refractivity contribution in [2.45, 2.75) is 6.54 Å². The summed E-state index contributed by atoms with van der Waals surface area (Å²) in [6.45, 7) is 3.91. The molecule has 6 heteroatoms. The molecule has 0 N–H and O–H groups in total. The molecule has 0 bridgehead atoms. The Morgan fingerprint density at radius 3 is 2.63 bits per heavy atom. The van der Waals surface area contributed by atoms with Crippen LogP contribution in [0.25, 0.3) is 22.2 Å². The highest BCUT2D eigenvalue weighted by Gasteiger charge is 2.20. The fourth-order valence-electron chi connectivity index (χ4n) is 4.00. The fraction of sp³-hybridized carbons (Fsp3) is 0.250. The van der Waals surface area contributed by atoms with Gasteiger partial charge in [0.15, 0.2) is 0 Å². The number of anilines is 1. The molecule has 0 aliphatic carbocycles. The molecule has 1 aliphatic rings. The summed E-state index contributed by atoms with van der Waals surface area (Å²) in [4.78, 5) is 11.5. The Kier molecular flexibility index (Phi) is 5.07. The van der Waals surface area contributed by atoms with E-state index in [1.54, 1.807) is 7.11 Å². The maximum atomic E-state index is 5.62. The SMILES string of the molecule is COc1ccccc1-c1cc2c(ccn2Cc2ccncc2)c(N2CCOCC2)n1. The lowest BCUT2D eigenvalue weighted by atomic mass is 10.1. The molecule has 0 atom stereocenters. The maximum absolute atomic E-state index is 5.62. The fourth-order valence-corrected chi connectivity index (χ4v) is 4.00. The largest absolute Gasteiger partial charge is 0.496 e. The van der Waals surface area contributed by atoms with Crippen LogP contribution < -0.4 is 9.64 Å². The molecule has 0 amide bonds. The van der Waals surface area contributed by atoms with Crippen molar-refractivity contribution in [1.29, 1.82) is 0 Å². The highest BCUT2D eigenvalue weighted by atomic mass is 16.5. The van der Waals surface area contributed by atoms with E-state index in [-0.39, 0.29) is 0 Å². The molecule has 1 aromatic carbocycles. The van der Waals surface area contributed by atoms with E-state index < -0.39 is 0 Å². The normalized spacial score (nSPS) is 14.2. The number of hydrogen-bond acceptors (Lipinski definition) is 5. The number of aromatic nitrogens is 3. The Morgan fingerprint density at radius 2 is 1.83 bits per heavy atom. The van der Waals surface area contributed by atoms with Gasteiger partial charge in [0.1, 0.15) is 11.6 Å². The summed E-state index contributed by atoms with van der Waals surface area (Å²) >= 11 is 0. The molecule has 0 saturated carbocycles. The Bertz CT molecular complexity index is 1150. The van der Waals surface area contributed by atoms with E-state index in [4.69, 9.17) is 14.5 Å². The topological polar surface area (TPSA) is 52.4 Å². The van der Waals surface area contributed by atoms with Crippen molar-refractivity contribution in [3.8, 4) is 17.0 Å². The first-order chi connectivity index (χ1) is 14.8. The third-order valence-corrected chi connectivity index (χ3v) is 5.54. The van der Waals surface area contributed by atoms with Crippen molar-refractivity contribution in [2.24, 2.45) is 0 Å². The van der Waals surface area contributed by atoms with Crippen LogP contribution in [0.1, 0.15) is 5.56 Å². The smallest absolute Gasteiger partial charge is 0.138 e. The Morgan fingerprint density at radius 1 is 1.03 bits per heavy atom. The van der Waals surface area contributed by atoms with E-state index >= 15 is 0 Å². The van der Waals surface area contributed by atoms with Gasteiger partial charge in [-0.3, -0.25) is 4.98 Å². The molecular weight excluding hydrogens is 376 g/mol. The Labute approximate surface area is 175 Å². The zero-order valence-electron chi connectivity index (χ0n) is 17.0. The quantitative estimate of drug-likeness (QED) is 0.507. The third kappa shape index (κ3) is 3.50. The number of fused-ring (bicyclic) bond motifs is 1. The van der Waals surface area contributed by atoms with Gasteiger partial charge in [-0.25, -0.2) is 4.98 Å². The molecule has 3 aromatic heterocycles. The first-order valence-corrected chi connectivity index (χ1v) is 10.2. The summed E-state index contributed by atoms with van der Waals surface area (Å²) in [6.07, 6.45) is 5.81. The molecule has 0 unspecified atom stereocenters. The minimum atomic E-state index is 0.722. The average Bonchev–Trinajstić information content (AvgIpc) is 3.22. The summed E-state index contributed by atoms with van der Waals surface area (Å²) in [5.74, 6) is 1.83. The summed E-state index contributed by atoms with van der Waals surface area (Å²) in [7, 11) is 1.70. The zero-order valence-corrected chi connectivity index (χ0v) is 17.0. The first-order valence-electron chi connectivity index (χ1n) is 10.2. The minimum Gasteiger partial charge on any atom is -0.496 e. The zero-order chi connectivity index (χ0) is 20.3. The van der Waals surface area contributed by atoms with Gasteiger partial charge in [0.2, 0.25) is 0 Å². The monoisotopic (exact) mass is 400 g/mol. The van der Waals surface area contributed by atoms with Crippen LogP contribution in [-0.2, 0) is 11.3 Å². The van der Waals surface area contributed by atoms with Gasteiger partial charge in [0, 0.05) is 49.2 Å². The number of morpholine rings is 1. The summed E-state index contributed by atoms with van der Waals surface area (Å²) in [6, 6.07) is 16.5. The predicted octanol–water partition coefficient (Wildman–Crippen LogP) is 3.99. The molecule has 0 radical (unpaired) electrons. The average molecular weight is 400 g/mol. The lowest BCUT2D eigenvalue weighted by molar-refractivity contribution is 0.122. The number of rotatable bonds is 5. The third-order valence-electron chi connectivity index (χ3n) is 5.54. The molecule has 5 rings (SSSR count). The summed E-state index contributed by atoms with van der Waals surface area (Å²) in [5.41, 5.74) is 4.28. The van der Waals surface area contributed by atoms with Crippen LogP contribution in [0.3, 0.4) is 0 Å². The van der Waals surface area contributed by atoms with Crippen LogP contribution in [0.4, 0.5) is 5.82 Å². The molecule has 4 heterocycles. The molecule has 1 aliphatic heterocycles. The van der Waals surface area contributed by atoms with Crippen molar-refractivity contribution < 1.29 is 9.47 Å². The van der Waals surface area contributed by atoms with E-state index in [2.05, 4.69) is 51.0 Å². The second kappa shape index (κ2) is 8.16.